The highest BCUT2D eigenvalue weighted by molar-refractivity contribution is 6.12. The van der Waals surface area contributed by atoms with Gasteiger partial charge in [-0.25, -0.2) is 8.78 Å². The van der Waals surface area contributed by atoms with Gasteiger partial charge in [0.1, 0.15) is 23.9 Å². The van der Waals surface area contributed by atoms with E-state index in [4.69, 9.17) is 9.72 Å². The molecule has 7 rings (SSSR count). The van der Waals surface area contributed by atoms with Crippen molar-refractivity contribution in [1.29, 1.82) is 0 Å². The molecule has 1 aromatic heterocycles. The number of aromatic nitrogens is 2. The first-order valence-electron chi connectivity index (χ1n) is 14.0. The van der Waals surface area contributed by atoms with Crippen LogP contribution in [0.25, 0.3) is 10.8 Å². The Hall–Kier alpha value is -3.57. The van der Waals surface area contributed by atoms with Gasteiger partial charge in [0, 0.05) is 54.8 Å². The van der Waals surface area contributed by atoms with Gasteiger partial charge in [-0.05, 0) is 63.2 Å². The summed E-state index contributed by atoms with van der Waals surface area (Å²) in [5.74, 6) is -1.97. The van der Waals surface area contributed by atoms with Crippen molar-refractivity contribution in [3.63, 3.8) is 0 Å². The van der Waals surface area contributed by atoms with Gasteiger partial charge in [0.05, 0.1) is 5.69 Å². The van der Waals surface area contributed by atoms with E-state index in [1.54, 1.807) is 0 Å². The molecular weight excluding hydrogens is 518 g/mol. The van der Waals surface area contributed by atoms with E-state index in [0.29, 0.717) is 36.3 Å². The monoisotopic (exact) mass is 550 g/mol. The summed E-state index contributed by atoms with van der Waals surface area (Å²) < 4.78 is 35.4. The third-order valence-corrected chi connectivity index (χ3v) is 8.85. The smallest absolute Gasteiger partial charge is 0.319 e. The summed E-state index contributed by atoms with van der Waals surface area (Å²) in [6.07, 6.45) is 4.76. The predicted molar refractivity (Wildman–Crippen MR) is 146 cm³/mol. The minimum Gasteiger partial charge on any atom is -0.508 e. The summed E-state index contributed by atoms with van der Waals surface area (Å²) in [4.78, 5) is 29.3. The molecule has 40 heavy (non-hydrogen) atoms. The lowest BCUT2D eigenvalue weighted by Crippen LogP contribution is -2.52. The van der Waals surface area contributed by atoms with Gasteiger partial charge in [-0.3, -0.25) is 4.79 Å². The zero-order valence-corrected chi connectivity index (χ0v) is 22.4. The Balaban J connectivity index is 1.29. The molecule has 3 fully saturated rings. The van der Waals surface area contributed by atoms with Crippen molar-refractivity contribution < 1.29 is 23.4 Å². The number of carbonyl (C=O) groups is 1. The van der Waals surface area contributed by atoms with E-state index in [9.17, 15) is 14.3 Å². The van der Waals surface area contributed by atoms with Gasteiger partial charge >= 0.3 is 6.01 Å². The summed E-state index contributed by atoms with van der Waals surface area (Å²) in [7, 11) is 2.07. The largest absolute Gasteiger partial charge is 0.508 e. The van der Waals surface area contributed by atoms with Crippen molar-refractivity contribution in [2.45, 2.75) is 50.2 Å². The molecule has 4 aliphatic heterocycles. The highest BCUT2D eigenvalue weighted by Gasteiger charge is 2.38. The SMILES string of the molecule is CN1CCC[C@H]1COc1nc2c(c(N3C[C@H]4CC[C@@H](C3)N4)n1)CCN(c1cc(O)cc3ccc(F)c(F)c13)C2=O. The second-order valence-electron chi connectivity index (χ2n) is 11.4. The van der Waals surface area contributed by atoms with Gasteiger partial charge in [-0.1, -0.05) is 6.07 Å². The van der Waals surface area contributed by atoms with Crippen molar-refractivity contribution in [1.82, 2.24) is 20.2 Å². The number of nitrogens with zero attached hydrogens (tertiary/aromatic N) is 5. The number of amides is 1. The fourth-order valence-electron chi connectivity index (χ4n) is 6.77. The molecule has 2 N–H and O–H groups in total. The molecule has 11 heteroatoms. The molecule has 1 amide bonds. The second-order valence-corrected chi connectivity index (χ2v) is 11.4. The maximum absolute atomic E-state index is 15.0. The fourth-order valence-corrected chi connectivity index (χ4v) is 6.77. The Morgan fingerprint density at radius 3 is 2.65 bits per heavy atom. The number of fused-ring (bicyclic) bond motifs is 4. The van der Waals surface area contributed by atoms with E-state index < -0.39 is 17.5 Å². The van der Waals surface area contributed by atoms with Crippen molar-refractivity contribution in [2.24, 2.45) is 0 Å². The van der Waals surface area contributed by atoms with Crippen LogP contribution in [-0.4, -0.2) is 83.8 Å². The average molecular weight is 551 g/mol. The Labute approximate surface area is 230 Å². The van der Waals surface area contributed by atoms with Crippen LogP contribution in [0.3, 0.4) is 0 Å². The molecule has 0 saturated carbocycles. The summed E-state index contributed by atoms with van der Waals surface area (Å²) in [6, 6.07) is 6.20. The van der Waals surface area contributed by atoms with E-state index in [0.717, 1.165) is 56.9 Å². The third kappa shape index (κ3) is 4.32. The topological polar surface area (TPSA) is 94.1 Å². The molecule has 2 bridgehead atoms. The molecule has 0 aliphatic carbocycles. The van der Waals surface area contributed by atoms with Crippen molar-refractivity contribution in [3.8, 4) is 11.8 Å². The third-order valence-electron chi connectivity index (χ3n) is 8.85. The number of phenols is 1. The molecule has 2 aromatic carbocycles. The molecule has 0 spiro atoms. The lowest BCUT2D eigenvalue weighted by atomic mass is 10.0. The second kappa shape index (κ2) is 9.81. The number of halogens is 2. The number of rotatable bonds is 5. The first kappa shape index (κ1) is 25.4. The van der Waals surface area contributed by atoms with Gasteiger partial charge in [-0.15, -0.1) is 0 Å². The molecule has 9 nitrogen and oxygen atoms in total. The zero-order valence-electron chi connectivity index (χ0n) is 22.4. The van der Waals surface area contributed by atoms with Crippen LogP contribution in [0.4, 0.5) is 20.3 Å². The van der Waals surface area contributed by atoms with Crippen molar-refractivity contribution >= 4 is 28.2 Å². The average Bonchev–Trinajstić information content (AvgIpc) is 3.52. The standard InChI is InChI=1S/C29H32F2N6O3/c1-35-9-2-3-19(35)15-40-29-33-26-21(27(34-29)36-13-17-5-6-18(14-36)32-17)8-10-37(28(26)39)23-12-20(38)11-16-4-7-22(30)25(31)24(16)23/h4,7,11-12,17-19,32,38H,2-3,5-6,8-10,13-15H2,1H3/t17-,18+,19-/m0/s1. The van der Waals surface area contributed by atoms with Gasteiger partial charge < -0.3 is 29.9 Å². The van der Waals surface area contributed by atoms with E-state index in [-0.39, 0.29) is 41.1 Å². The number of likely N-dealkylation sites (N-methyl/N-ethyl adjacent to an activating group) is 1. The molecule has 4 aliphatic rings. The van der Waals surface area contributed by atoms with Crippen LogP contribution in [0.2, 0.25) is 0 Å². The number of ether oxygens (including phenoxy) is 1. The Kier molecular flexibility index (Phi) is 6.23. The van der Waals surface area contributed by atoms with Crippen LogP contribution in [0.1, 0.15) is 41.7 Å². The number of anilines is 2. The van der Waals surface area contributed by atoms with Gasteiger partial charge in [0.15, 0.2) is 11.6 Å². The minimum absolute atomic E-state index is 0.0525. The van der Waals surface area contributed by atoms with Gasteiger partial charge in [-0.2, -0.15) is 9.97 Å². The molecule has 0 radical (unpaired) electrons. The number of carbonyl (C=O) groups excluding carboxylic acids is 1. The van der Waals surface area contributed by atoms with Gasteiger partial charge in [0.2, 0.25) is 0 Å². The first-order chi connectivity index (χ1) is 19.4. The lowest BCUT2D eigenvalue weighted by molar-refractivity contribution is 0.0973. The quantitative estimate of drug-likeness (QED) is 0.500. The van der Waals surface area contributed by atoms with E-state index >= 15 is 4.39 Å². The van der Waals surface area contributed by atoms with Crippen LogP contribution >= 0.6 is 0 Å². The van der Waals surface area contributed by atoms with E-state index in [1.165, 1.54) is 23.1 Å². The number of likely N-dealkylation sites (tertiary alicyclic amines) is 1. The Bertz CT molecular complexity index is 1490. The number of aromatic hydroxyl groups is 1. The molecular formula is C29H32F2N6O3. The van der Waals surface area contributed by atoms with Crippen LogP contribution < -0.4 is 19.9 Å². The van der Waals surface area contributed by atoms with Crippen molar-refractivity contribution in [2.75, 3.05) is 49.6 Å². The Morgan fingerprint density at radius 2 is 1.90 bits per heavy atom. The fraction of sp³-hybridized carbons (Fsp3) is 0.483. The maximum Gasteiger partial charge on any atom is 0.319 e. The van der Waals surface area contributed by atoms with E-state index in [1.807, 2.05) is 0 Å². The highest BCUT2D eigenvalue weighted by Crippen LogP contribution is 2.38. The zero-order chi connectivity index (χ0) is 27.5. The summed E-state index contributed by atoms with van der Waals surface area (Å²) >= 11 is 0. The van der Waals surface area contributed by atoms with Crippen LogP contribution in [-0.2, 0) is 6.42 Å². The number of piperazine rings is 1. The molecule has 210 valence electrons. The number of hydrogen-bond acceptors (Lipinski definition) is 8. The predicted octanol–water partition coefficient (Wildman–Crippen LogP) is 3.23. The van der Waals surface area contributed by atoms with Crippen LogP contribution in [0, 0.1) is 11.6 Å². The molecule has 0 unspecified atom stereocenters. The number of phenolic OH excluding ortho intramolecular Hbond substituents is 1. The maximum atomic E-state index is 15.0. The number of benzene rings is 2. The minimum atomic E-state index is -1.06. The number of nitrogens with one attached hydrogen (secondary N) is 1. The van der Waals surface area contributed by atoms with E-state index in [2.05, 4.69) is 27.1 Å². The van der Waals surface area contributed by atoms with Crippen molar-refractivity contribution in [3.05, 3.63) is 47.2 Å². The summed E-state index contributed by atoms with van der Waals surface area (Å²) in [5.41, 5.74) is 1.05. The van der Waals surface area contributed by atoms with Gasteiger partial charge in [0.25, 0.3) is 5.91 Å². The molecule has 3 saturated heterocycles. The molecule has 3 atom stereocenters. The molecule has 5 heterocycles. The highest BCUT2D eigenvalue weighted by atomic mass is 19.2. The first-order valence-corrected chi connectivity index (χ1v) is 14.0. The van der Waals surface area contributed by atoms with Crippen LogP contribution in [0.5, 0.6) is 11.8 Å². The van der Waals surface area contributed by atoms with Crippen LogP contribution in [0.15, 0.2) is 24.3 Å². The summed E-state index contributed by atoms with van der Waals surface area (Å²) in [5, 5.41) is 14.3. The summed E-state index contributed by atoms with van der Waals surface area (Å²) in [6.45, 7) is 3.20. The normalized spacial score (nSPS) is 24.7. The number of hydrogen-bond donors (Lipinski definition) is 2. The lowest BCUT2D eigenvalue weighted by Gasteiger charge is -2.37. The molecule has 3 aromatic rings. The Morgan fingerprint density at radius 1 is 1.10 bits per heavy atom.